The fraction of sp³-hybridized carbons (Fsp3) is 0.250. The number of nitrogen functional groups attached to an aromatic ring is 2. The lowest BCUT2D eigenvalue weighted by molar-refractivity contribution is -0.0273. The Morgan fingerprint density at radius 2 is 1.85 bits per heavy atom. The second kappa shape index (κ2) is 3.16. The van der Waals surface area contributed by atoms with Crippen LogP contribution in [0.2, 0.25) is 0 Å². The summed E-state index contributed by atoms with van der Waals surface area (Å²) in [6.07, 6.45) is 0. The van der Waals surface area contributed by atoms with Crippen molar-refractivity contribution in [1.82, 2.24) is 0 Å². The van der Waals surface area contributed by atoms with E-state index in [1.54, 1.807) is 0 Å². The van der Waals surface area contributed by atoms with Crippen LogP contribution in [-0.4, -0.2) is 6.67 Å². The highest BCUT2D eigenvalue weighted by Gasteiger charge is 2.33. The fourth-order valence-electron chi connectivity index (χ4n) is 0.986. The SMILES string of the molecule is Nc1ccc(C(F)(F)CF)c(N)c1. The average molecular weight is 190 g/mol. The van der Waals surface area contributed by atoms with Gasteiger partial charge >= 0.3 is 5.92 Å². The second-order valence-corrected chi connectivity index (χ2v) is 2.68. The third-order valence-electron chi connectivity index (χ3n) is 1.64. The zero-order valence-corrected chi connectivity index (χ0v) is 6.73. The van der Waals surface area contributed by atoms with Gasteiger partial charge in [-0.15, -0.1) is 0 Å². The molecule has 5 heteroatoms. The van der Waals surface area contributed by atoms with Crippen LogP contribution in [0.4, 0.5) is 24.5 Å². The van der Waals surface area contributed by atoms with Crippen LogP contribution in [0.3, 0.4) is 0 Å². The minimum absolute atomic E-state index is 0.192. The third-order valence-corrected chi connectivity index (χ3v) is 1.64. The summed E-state index contributed by atoms with van der Waals surface area (Å²) in [6.45, 7) is -1.76. The van der Waals surface area contributed by atoms with Crippen LogP contribution in [0.25, 0.3) is 0 Å². The van der Waals surface area contributed by atoms with Crippen LogP contribution >= 0.6 is 0 Å². The van der Waals surface area contributed by atoms with Gasteiger partial charge in [-0.05, 0) is 18.2 Å². The Bertz CT molecular complexity index is 312. The van der Waals surface area contributed by atoms with Crippen LogP contribution in [-0.2, 0) is 5.92 Å². The van der Waals surface area contributed by atoms with Crippen LogP contribution in [0.1, 0.15) is 5.56 Å². The van der Waals surface area contributed by atoms with Crippen molar-refractivity contribution >= 4 is 11.4 Å². The van der Waals surface area contributed by atoms with Crippen molar-refractivity contribution in [3.8, 4) is 0 Å². The van der Waals surface area contributed by atoms with Gasteiger partial charge in [0.15, 0.2) is 6.67 Å². The first-order valence-electron chi connectivity index (χ1n) is 3.56. The van der Waals surface area contributed by atoms with E-state index in [0.717, 1.165) is 6.07 Å². The lowest BCUT2D eigenvalue weighted by Crippen LogP contribution is -2.17. The van der Waals surface area contributed by atoms with Crippen molar-refractivity contribution in [3.63, 3.8) is 0 Å². The minimum Gasteiger partial charge on any atom is -0.399 e. The van der Waals surface area contributed by atoms with E-state index in [4.69, 9.17) is 11.5 Å². The molecule has 2 nitrogen and oxygen atoms in total. The van der Waals surface area contributed by atoms with E-state index < -0.39 is 18.2 Å². The number of hydrogen-bond donors (Lipinski definition) is 2. The van der Waals surface area contributed by atoms with E-state index in [0.29, 0.717) is 0 Å². The summed E-state index contributed by atoms with van der Waals surface area (Å²) >= 11 is 0. The first-order valence-corrected chi connectivity index (χ1v) is 3.56. The van der Waals surface area contributed by atoms with Crippen LogP contribution in [0.15, 0.2) is 18.2 Å². The Balaban J connectivity index is 3.16. The van der Waals surface area contributed by atoms with Gasteiger partial charge in [-0.3, -0.25) is 0 Å². The Hall–Kier alpha value is -1.39. The van der Waals surface area contributed by atoms with Crippen LogP contribution in [0.5, 0.6) is 0 Å². The maximum Gasteiger partial charge on any atom is 0.302 e. The Labute approximate surface area is 73.3 Å². The highest BCUT2D eigenvalue weighted by Crippen LogP contribution is 2.33. The van der Waals surface area contributed by atoms with Gasteiger partial charge in [0.2, 0.25) is 0 Å². The van der Waals surface area contributed by atoms with Crippen molar-refractivity contribution in [2.75, 3.05) is 18.1 Å². The molecule has 0 radical (unpaired) electrons. The largest absolute Gasteiger partial charge is 0.399 e. The summed E-state index contributed by atoms with van der Waals surface area (Å²) in [6, 6.07) is 3.47. The molecule has 0 aromatic heterocycles. The van der Waals surface area contributed by atoms with Crippen molar-refractivity contribution < 1.29 is 13.2 Å². The number of benzene rings is 1. The summed E-state index contributed by atoms with van der Waals surface area (Å²) in [5.41, 5.74) is 10.1. The van der Waals surface area contributed by atoms with E-state index >= 15 is 0 Å². The molecule has 0 unspecified atom stereocenters. The number of rotatable bonds is 2. The molecule has 0 saturated heterocycles. The molecule has 0 bridgehead atoms. The van der Waals surface area contributed by atoms with Gasteiger partial charge in [-0.2, -0.15) is 8.78 Å². The Morgan fingerprint density at radius 1 is 1.23 bits per heavy atom. The highest BCUT2D eigenvalue weighted by molar-refractivity contribution is 5.58. The molecule has 0 amide bonds. The van der Waals surface area contributed by atoms with Crippen molar-refractivity contribution in [3.05, 3.63) is 23.8 Å². The standard InChI is InChI=1S/C8H9F3N2/c9-4-8(10,11)6-2-1-5(12)3-7(6)13/h1-3H,4,12-13H2. The molecule has 0 fully saturated rings. The molecule has 0 aliphatic heterocycles. The van der Waals surface area contributed by atoms with E-state index in [2.05, 4.69) is 0 Å². The highest BCUT2D eigenvalue weighted by atomic mass is 19.3. The molecule has 4 N–H and O–H groups in total. The van der Waals surface area contributed by atoms with Crippen molar-refractivity contribution in [1.29, 1.82) is 0 Å². The molecule has 0 aliphatic carbocycles. The average Bonchev–Trinajstić information content (AvgIpc) is 2.03. The lowest BCUT2D eigenvalue weighted by atomic mass is 10.1. The number of hydrogen-bond acceptors (Lipinski definition) is 2. The molecule has 1 aromatic carbocycles. The Kier molecular flexibility index (Phi) is 2.36. The van der Waals surface area contributed by atoms with E-state index in [1.807, 2.05) is 0 Å². The van der Waals surface area contributed by atoms with Crippen LogP contribution < -0.4 is 11.5 Å². The van der Waals surface area contributed by atoms with Gasteiger partial charge < -0.3 is 11.5 Å². The number of nitrogens with two attached hydrogens (primary N) is 2. The normalized spacial score (nSPS) is 11.6. The van der Waals surface area contributed by atoms with E-state index in [-0.39, 0.29) is 11.4 Å². The maximum atomic E-state index is 12.8. The summed E-state index contributed by atoms with van der Waals surface area (Å²) in [5, 5.41) is 0. The predicted octanol–water partition coefficient (Wildman–Crippen LogP) is 1.91. The molecule has 0 atom stereocenters. The maximum absolute atomic E-state index is 12.8. The first-order chi connectivity index (χ1) is 5.97. The van der Waals surface area contributed by atoms with Gasteiger partial charge in [0.25, 0.3) is 0 Å². The first kappa shape index (κ1) is 9.70. The van der Waals surface area contributed by atoms with Crippen LogP contribution in [0, 0.1) is 0 Å². The summed E-state index contributed by atoms with van der Waals surface area (Å²) in [4.78, 5) is 0. The molecule has 1 rings (SSSR count). The van der Waals surface area contributed by atoms with Gasteiger partial charge in [-0.1, -0.05) is 0 Å². The quantitative estimate of drug-likeness (QED) is 0.700. The van der Waals surface area contributed by atoms with Crippen molar-refractivity contribution in [2.45, 2.75) is 5.92 Å². The monoisotopic (exact) mass is 190 g/mol. The van der Waals surface area contributed by atoms with Gasteiger partial charge in [0.1, 0.15) is 0 Å². The minimum atomic E-state index is -3.53. The molecule has 0 spiro atoms. The molecule has 0 aliphatic rings. The molecule has 13 heavy (non-hydrogen) atoms. The molecular formula is C8H9F3N2. The summed E-state index contributed by atoms with van der Waals surface area (Å²) < 4.78 is 37.5. The Morgan fingerprint density at radius 3 is 2.31 bits per heavy atom. The molecule has 0 heterocycles. The van der Waals surface area contributed by atoms with E-state index in [1.165, 1.54) is 12.1 Å². The third kappa shape index (κ3) is 1.85. The molecule has 72 valence electrons. The smallest absolute Gasteiger partial charge is 0.302 e. The topological polar surface area (TPSA) is 52.0 Å². The van der Waals surface area contributed by atoms with Gasteiger partial charge in [0.05, 0.1) is 0 Å². The second-order valence-electron chi connectivity index (χ2n) is 2.68. The molecule has 1 aromatic rings. The fourth-order valence-corrected chi connectivity index (χ4v) is 0.986. The summed E-state index contributed by atoms with van der Waals surface area (Å²) in [5.74, 6) is -3.53. The number of alkyl halides is 3. The molecular weight excluding hydrogens is 181 g/mol. The predicted molar refractivity (Wildman–Crippen MR) is 45.1 cm³/mol. The zero-order valence-electron chi connectivity index (χ0n) is 6.73. The zero-order chi connectivity index (χ0) is 10.1. The molecule has 0 saturated carbocycles. The van der Waals surface area contributed by atoms with Gasteiger partial charge in [-0.25, -0.2) is 4.39 Å². The van der Waals surface area contributed by atoms with E-state index in [9.17, 15) is 13.2 Å². The summed E-state index contributed by atoms with van der Waals surface area (Å²) in [7, 11) is 0. The number of halogens is 3. The van der Waals surface area contributed by atoms with Gasteiger partial charge in [0, 0.05) is 16.9 Å². The lowest BCUT2D eigenvalue weighted by Gasteiger charge is -2.14. The van der Waals surface area contributed by atoms with Crippen molar-refractivity contribution in [2.24, 2.45) is 0 Å². The number of anilines is 2.